The molecule has 13 aromatic rings. The maximum atomic E-state index is 2.45. The van der Waals surface area contributed by atoms with Crippen LogP contribution < -0.4 is 4.90 Å². The fraction of sp³-hybridized carbons (Fsp3) is 0. The minimum absolute atomic E-state index is 1.09. The third-order valence-electron chi connectivity index (χ3n) is 13.1. The first-order valence-corrected chi connectivity index (χ1v) is 23.1. The van der Waals surface area contributed by atoms with E-state index < -0.39 is 0 Å². The molecule has 0 aliphatic heterocycles. The average molecular weight is 845 g/mol. The van der Waals surface area contributed by atoms with Gasteiger partial charge in [-0.1, -0.05) is 182 Å². The molecule has 0 amide bonds. The Bertz CT molecular complexity index is 3830. The second-order valence-electron chi connectivity index (χ2n) is 16.9. The molecule has 0 aliphatic rings. The average Bonchev–Trinajstić information content (AvgIpc) is 3.91. The number of benzene rings is 11. The largest absolute Gasteiger partial charge is 0.310 e. The lowest BCUT2D eigenvalue weighted by atomic mass is 9.93. The predicted molar refractivity (Wildman–Crippen MR) is 279 cm³/mol. The van der Waals surface area contributed by atoms with Gasteiger partial charge in [0, 0.05) is 28.0 Å². The molecular formula is C62H40N2S. The van der Waals surface area contributed by atoms with E-state index in [1.54, 1.807) is 0 Å². The van der Waals surface area contributed by atoms with Crippen LogP contribution in [0.1, 0.15) is 0 Å². The highest BCUT2D eigenvalue weighted by Gasteiger charge is 2.20. The van der Waals surface area contributed by atoms with Crippen LogP contribution in [0.5, 0.6) is 0 Å². The minimum Gasteiger partial charge on any atom is -0.310 e. The number of aromatic nitrogens is 1. The highest BCUT2D eigenvalue weighted by molar-refractivity contribution is 7.24. The van der Waals surface area contributed by atoms with E-state index in [2.05, 4.69) is 252 Å². The topological polar surface area (TPSA) is 7.65 Å². The summed E-state index contributed by atoms with van der Waals surface area (Å²) in [6, 6.07) is 88.9. The van der Waals surface area contributed by atoms with Gasteiger partial charge in [0.05, 0.1) is 15.7 Å². The normalized spacial score (nSPS) is 11.7. The fourth-order valence-electron chi connectivity index (χ4n) is 10.1. The van der Waals surface area contributed by atoms with Crippen molar-refractivity contribution in [2.75, 3.05) is 4.90 Å². The lowest BCUT2D eigenvalue weighted by Crippen LogP contribution is -2.10. The number of hydrogen-bond donors (Lipinski definition) is 0. The molecule has 0 saturated heterocycles. The smallest absolute Gasteiger partial charge is 0.109 e. The zero-order valence-electron chi connectivity index (χ0n) is 35.4. The Morgan fingerprint density at radius 3 is 1.37 bits per heavy atom. The van der Waals surface area contributed by atoms with Crippen LogP contribution in [-0.2, 0) is 0 Å². The summed E-state index contributed by atoms with van der Waals surface area (Å²) >= 11 is 1.88. The van der Waals surface area contributed by atoms with Gasteiger partial charge in [-0.15, -0.1) is 11.3 Å². The second kappa shape index (κ2) is 15.2. The highest BCUT2D eigenvalue weighted by Crippen LogP contribution is 2.45. The van der Waals surface area contributed by atoms with Crippen molar-refractivity contribution in [3.8, 4) is 44.5 Å². The number of nitrogens with zero attached hydrogens (tertiary/aromatic N) is 2. The molecule has 0 spiro atoms. The van der Waals surface area contributed by atoms with E-state index in [1.165, 1.54) is 103 Å². The van der Waals surface area contributed by atoms with Crippen molar-refractivity contribution >= 4 is 86.7 Å². The van der Waals surface area contributed by atoms with Gasteiger partial charge in [0.25, 0.3) is 0 Å². The summed E-state index contributed by atoms with van der Waals surface area (Å²) in [5.74, 6) is 0. The van der Waals surface area contributed by atoms with Gasteiger partial charge in [-0.2, -0.15) is 0 Å². The molecule has 0 fully saturated rings. The van der Waals surface area contributed by atoms with Crippen molar-refractivity contribution in [3.63, 3.8) is 0 Å². The summed E-state index contributed by atoms with van der Waals surface area (Å²) in [6.07, 6.45) is 0. The third-order valence-corrected chi connectivity index (χ3v) is 14.3. The van der Waals surface area contributed by atoms with Crippen LogP contribution in [-0.4, -0.2) is 4.40 Å². The Labute approximate surface area is 381 Å². The Balaban J connectivity index is 0.985. The van der Waals surface area contributed by atoms with E-state index >= 15 is 0 Å². The van der Waals surface area contributed by atoms with Gasteiger partial charge < -0.3 is 4.90 Å². The molecule has 2 aromatic heterocycles. The summed E-state index contributed by atoms with van der Waals surface area (Å²) in [5, 5.41) is 8.86. The summed E-state index contributed by atoms with van der Waals surface area (Å²) in [7, 11) is 0. The van der Waals surface area contributed by atoms with Gasteiger partial charge in [0.1, 0.15) is 4.83 Å². The molecule has 3 heteroatoms. The number of anilines is 3. The summed E-state index contributed by atoms with van der Waals surface area (Å²) in [6.45, 7) is 0. The Morgan fingerprint density at radius 2 is 0.754 bits per heavy atom. The van der Waals surface area contributed by atoms with Crippen molar-refractivity contribution < 1.29 is 0 Å². The van der Waals surface area contributed by atoms with Crippen LogP contribution in [0.3, 0.4) is 0 Å². The maximum Gasteiger partial charge on any atom is 0.109 e. The zero-order valence-corrected chi connectivity index (χ0v) is 36.2. The van der Waals surface area contributed by atoms with E-state index in [0.29, 0.717) is 0 Å². The number of para-hydroxylation sites is 1. The monoisotopic (exact) mass is 844 g/mol. The Morgan fingerprint density at radius 1 is 0.277 bits per heavy atom. The van der Waals surface area contributed by atoms with Crippen LogP contribution in [0.25, 0.3) is 103 Å². The lowest BCUT2D eigenvalue weighted by Gasteiger charge is -2.28. The summed E-state index contributed by atoms with van der Waals surface area (Å²) in [5.41, 5.74) is 15.4. The van der Waals surface area contributed by atoms with Crippen molar-refractivity contribution in [2.45, 2.75) is 0 Å². The Hall–Kier alpha value is -8.24. The summed E-state index contributed by atoms with van der Waals surface area (Å²) in [4.78, 5) is 3.72. The van der Waals surface area contributed by atoms with Crippen molar-refractivity contribution in [3.05, 3.63) is 243 Å². The first kappa shape index (κ1) is 37.3. The first-order chi connectivity index (χ1) is 32.2. The fourth-order valence-corrected chi connectivity index (χ4v) is 11.4. The second-order valence-corrected chi connectivity index (χ2v) is 17.9. The van der Waals surface area contributed by atoms with Gasteiger partial charge in [-0.25, -0.2) is 0 Å². The molecule has 0 N–H and O–H groups in total. The van der Waals surface area contributed by atoms with Crippen molar-refractivity contribution in [1.82, 2.24) is 4.40 Å². The number of rotatable bonds is 7. The molecule has 0 saturated carbocycles. The van der Waals surface area contributed by atoms with E-state index in [-0.39, 0.29) is 0 Å². The SMILES string of the molecule is c1ccc(-c2cc(-c3ccccc3)cc(N(c3ccc(-c4ccc5c(c4)sc4c(-c6ccccc6)c6ccccc6n45)cc3)c3ccc4c5ccccc5c5ccccc5c4c3)c2)cc1. The molecular weight excluding hydrogens is 805 g/mol. The quantitative estimate of drug-likeness (QED) is 0.145. The van der Waals surface area contributed by atoms with Crippen molar-refractivity contribution in [2.24, 2.45) is 0 Å². The number of thiazole rings is 1. The summed E-state index contributed by atoms with van der Waals surface area (Å²) < 4.78 is 3.72. The zero-order chi connectivity index (χ0) is 42.8. The van der Waals surface area contributed by atoms with Crippen LogP contribution in [0.4, 0.5) is 17.1 Å². The number of fused-ring (bicyclic) bond motifs is 11. The van der Waals surface area contributed by atoms with Gasteiger partial charge in [-0.3, -0.25) is 4.40 Å². The first-order valence-electron chi connectivity index (χ1n) is 22.2. The van der Waals surface area contributed by atoms with Gasteiger partial charge in [0.2, 0.25) is 0 Å². The molecule has 0 bridgehead atoms. The van der Waals surface area contributed by atoms with Crippen LogP contribution in [0.2, 0.25) is 0 Å². The number of hydrogen-bond acceptors (Lipinski definition) is 2. The highest BCUT2D eigenvalue weighted by atomic mass is 32.1. The molecule has 0 unspecified atom stereocenters. The van der Waals surface area contributed by atoms with Crippen LogP contribution in [0, 0.1) is 0 Å². The Kier molecular flexibility index (Phi) is 8.75. The molecule has 2 nitrogen and oxygen atoms in total. The third kappa shape index (κ3) is 6.24. The van der Waals surface area contributed by atoms with Crippen LogP contribution in [0.15, 0.2) is 243 Å². The van der Waals surface area contributed by atoms with Crippen LogP contribution >= 0.6 is 11.3 Å². The standard InChI is InChI=1S/C62H40N2S/c1-4-16-41(17-5-1)46-36-47(42-18-6-2-7-19-42)38-50(37-46)63(49-33-34-55-53-24-11-10-22-51(53)52-23-12-13-25-54(52)57(55)40-49)48-31-28-43(29-32-48)45-30-35-59-60(39-45)65-62-61(44-20-8-3-9-21-44)56-26-14-15-27-58(56)64(59)62/h1-40H. The molecule has 304 valence electrons. The van der Waals surface area contributed by atoms with Gasteiger partial charge in [-0.05, 0) is 132 Å². The van der Waals surface area contributed by atoms with Gasteiger partial charge in [0.15, 0.2) is 0 Å². The maximum absolute atomic E-state index is 2.45. The predicted octanol–water partition coefficient (Wildman–Crippen LogP) is 17.9. The lowest BCUT2D eigenvalue weighted by molar-refractivity contribution is 1.29. The van der Waals surface area contributed by atoms with E-state index in [9.17, 15) is 0 Å². The van der Waals surface area contributed by atoms with Crippen molar-refractivity contribution in [1.29, 1.82) is 0 Å². The molecule has 2 heterocycles. The van der Waals surface area contributed by atoms with Gasteiger partial charge >= 0.3 is 0 Å². The van der Waals surface area contributed by atoms with E-state index in [0.717, 1.165) is 17.1 Å². The molecule has 0 atom stereocenters. The van der Waals surface area contributed by atoms with E-state index in [4.69, 9.17) is 0 Å². The molecule has 0 aliphatic carbocycles. The minimum atomic E-state index is 1.09. The van der Waals surface area contributed by atoms with E-state index in [1.807, 2.05) is 11.3 Å². The molecule has 0 radical (unpaired) electrons. The molecule has 11 aromatic carbocycles. The molecule has 65 heavy (non-hydrogen) atoms. The molecule has 13 rings (SSSR count).